The van der Waals surface area contributed by atoms with Crippen molar-refractivity contribution in [2.24, 2.45) is 0 Å². The number of hydrogen-bond acceptors (Lipinski definition) is 0. The molecule has 0 heterocycles. The van der Waals surface area contributed by atoms with Crippen LogP contribution in [0.1, 0.15) is 25.8 Å². The summed E-state index contributed by atoms with van der Waals surface area (Å²) >= 11 is 0. The summed E-state index contributed by atoms with van der Waals surface area (Å²) in [4.78, 5) is 0. The Morgan fingerprint density at radius 3 is 2.22 bits per heavy atom. The average molecular weight is 296 g/mol. The van der Waals surface area contributed by atoms with Gasteiger partial charge < -0.3 is 0 Å². The van der Waals surface area contributed by atoms with E-state index in [0.717, 1.165) is 6.42 Å². The molecule has 0 saturated carbocycles. The molecule has 3 aromatic carbocycles. The summed E-state index contributed by atoms with van der Waals surface area (Å²) in [6, 6.07) is 24.0. The van der Waals surface area contributed by atoms with Crippen molar-refractivity contribution in [3.63, 3.8) is 0 Å². The molecule has 0 atom stereocenters. The summed E-state index contributed by atoms with van der Waals surface area (Å²) in [6.45, 7) is 4.46. The van der Waals surface area contributed by atoms with Crippen LogP contribution in [0.25, 0.3) is 27.5 Å². The van der Waals surface area contributed by atoms with E-state index in [0.29, 0.717) is 0 Å². The summed E-state index contributed by atoms with van der Waals surface area (Å²) in [6.07, 6.45) is 3.38. The zero-order valence-electron chi connectivity index (χ0n) is 13.6. The molecule has 0 fully saturated rings. The van der Waals surface area contributed by atoms with Gasteiger partial charge in [-0.05, 0) is 58.9 Å². The zero-order chi connectivity index (χ0) is 15.8. The normalized spacial score (nSPS) is 14.4. The molecule has 1 aliphatic rings. The van der Waals surface area contributed by atoms with Crippen LogP contribution in [0, 0.1) is 0 Å². The molecule has 0 amide bonds. The van der Waals surface area contributed by atoms with Gasteiger partial charge in [0.05, 0.1) is 0 Å². The fourth-order valence-electron chi connectivity index (χ4n) is 3.55. The minimum atomic E-state index is 1.04. The highest BCUT2D eigenvalue weighted by molar-refractivity contribution is 6.03. The minimum Gasteiger partial charge on any atom is -0.0769 e. The van der Waals surface area contributed by atoms with Crippen molar-refractivity contribution in [2.75, 3.05) is 0 Å². The van der Waals surface area contributed by atoms with Crippen LogP contribution < -0.4 is 0 Å². The van der Waals surface area contributed by atoms with E-state index in [2.05, 4.69) is 86.7 Å². The van der Waals surface area contributed by atoms with Crippen molar-refractivity contribution in [3.05, 3.63) is 89.5 Å². The van der Waals surface area contributed by atoms with E-state index in [9.17, 15) is 0 Å². The Labute approximate surface area is 137 Å². The maximum Gasteiger partial charge on any atom is -0.00299 e. The lowest BCUT2D eigenvalue weighted by molar-refractivity contribution is 1.38. The molecule has 0 saturated heterocycles. The van der Waals surface area contributed by atoms with Crippen LogP contribution in [0.4, 0.5) is 0 Å². The molecule has 0 bridgehead atoms. The predicted molar refractivity (Wildman–Crippen MR) is 100 cm³/mol. The van der Waals surface area contributed by atoms with Crippen molar-refractivity contribution in [2.45, 2.75) is 20.3 Å². The van der Waals surface area contributed by atoms with Crippen LogP contribution in [0.5, 0.6) is 0 Å². The average Bonchev–Trinajstić information content (AvgIpc) is 2.94. The fraction of sp³-hybridized carbons (Fsp3) is 0.130. The van der Waals surface area contributed by atoms with Crippen LogP contribution >= 0.6 is 0 Å². The van der Waals surface area contributed by atoms with E-state index in [4.69, 9.17) is 0 Å². The lowest BCUT2D eigenvalue weighted by atomic mass is 9.88. The first-order valence-electron chi connectivity index (χ1n) is 8.20. The molecule has 4 rings (SSSR count). The maximum atomic E-state index is 2.34. The molecule has 0 radical (unpaired) electrons. The maximum absolute atomic E-state index is 2.34. The third-order valence-electron chi connectivity index (χ3n) is 4.97. The van der Waals surface area contributed by atoms with E-state index in [1.165, 1.54) is 44.2 Å². The van der Waals surface area contributed by atoms with Gasteiger partial charge in [0.15, 0.2) is 0 Å². The first kappa shape index (κ1) is 14.0. The lowest BCUT2D eigenvalue weighted by Gasteiger charge is -2.16. The number of rotatable bonds is 2. The summed E-state index contributed by atoms with van der Waals surface area (Å²) in [5, 5.41) is 2.64. The molecular formula is C23H20. The lowest BCUT2D eigenvalue weighted by Crippen LogP contribution is -1.92. The van der Waals surface area contributed by atoms with Crippen molar-refractivity contribution in [3.8, 4) is 11.1 Å². The van der Waals surface area contributed by atoms with Crippen molar-refractivity contribution in [1.82, 2.24) is 0 Å². The Balaban J connectivity index is 2.06. The third kappa shape index (κ3) is 2.31. The summed E-state index contributed by atoms with van der Waals surface area (Å²) in [7, 11) is 0. The highest BCUT2D eigenvalue weighted by atomic mass is 14.2. The molecule has 112 valence electrons. The molecule has 3 aromatic rings. The molecule has 1 aliphatic carbocycles. The van der Waals surface area contributed by atoms with Crippen LogP contribution in [0.3, 0.4) is 0 Å². The van der Waals surface area contributed by atoms with Gasteiger partial charge in [0.25, 0.3) is 0 Å². The van der Waals surface area contributed by atoms with E-state index in [1.807, 2.05) is 0 Å². The third-order valence-corrected chi connectivity index (χ3v) is 4.97. The van der Waals surface area contributed by atoms with Crippen LogP contribution in [0.2, 0.25) is 0 Å². The Bertz CT molecular complexity index is 940. The first-order valence-corrected chi connectivity index (χ1v) is 8.20. The Kier molecular flexibility index (Phi) is 3.38. The van der Waals surface area contributed by atoms with E-state index in [1.54, 1.807) is 0 Å². The van der Waals surface area contributed by atoms with Gasteiger partial charge in [-0.3, -0.25) is 0 Å². The molecule has 0 heteroatoms. The summed E-state index contributed by atoms with van der Waals surface area (Å²) in [5.41, 5.74) is 8.34. The first-order chi connectivity index (χ1) is 11.3. The van der Waals surface area contributed by atoms with Gasteiger partial charge in [-0.25, -0.2) is 0 Å². The van der Waals surface area contributed by atoms with Gasteiger partial charge in [0.1, 0.15) is 0 Å². The van der Waals surface area contributed by atoms with Gasteiger partial charge in [0, 0.05) is 0 Å². The number of benzene rings is 3. The van der Waals surface area contributed by atoms with E-state index < -0.39 is 0 Å². The van der Waals surface area contributed by atoms with Gasteiger partial charge in [-0.15, -0.1) is 0 Å². The molecule has 0 aliphatic heterocycles. The molecule has 0 aromatic heterocycles. The van der Waals surface area contributed by atoms with Crippen molar-refractivity contribution >= 4 is 16.3 Å². The molecule has 0 unspecified atom stereocenters. The molecule has 0 spiro atoms. The van der Waals surface area contributed by atoms with Gasteiger partial charge in [0.2, 0.25) is 0 Å². The van der Waals surface area contributed by atoms with Gasteiger partial charge in [-0.2, -0.15) is 0 Å². The van der Waals surface area contributed by atoms with Crippen LogP contribution in [0.15, 0.2) is 84.0 Å². The Morgan fingerprint density at radius 1 is 0.739 bits per heavy atom. The zero-order valence-corrected chi connectivity index (χ0v) is 13.6. The smallest absolute Gasteiger partial charge is 0.00299 e. The van der Waals surface area contributed by atoms with E-state index in [-0.39, 0.29) is 0 Å². The largest absolute Gasteiger partial charge is 0.0769 e. The van der Waals surface area contributed by atoms with Gasteiger partial charge >= 0.3 is 0 Å². The summed E-state index contributed by atoms with van der Waals surface area (Å²) in [5.74, 6) is 0. The number of fused-ring (bicyclic) bond motifs is 1. The molecular weight excluding hydrogens is 276 g/mol. The highest BCUT2D eigenvalue weighted by Crippen LogP contribution is 2.41. The molecule has 0 nitrogen and oxygen atoms in total. The predicted octanol–water partition coefficient (Wildman–Crippen LogP) is 6.63. The van der Waals surface area contributed by atoms with Crippen LogP contribution in [-0.2, 0) is 0 Å². The SMILES string of the molecule is CC1=CCC(c2ccc3ccccc3c2-c2ccccc2)=C1C. The number of allylic oxidation sites excluding steroid dienone is 4. The topological polar surface area (TPSA) is 0 Å². The Morgan fingerprint density at radius 2 is 1.48 bits per heavy atom. The quantitative estimate of drug-likeness (QED) is 0.498. The van der Waals surface area contributed by atoms with Crippen molar-refractivity contribution < 1.29 is 0 Å². The second-order valence-corrected chi connectivity index (χ2v) is 6.27. The Hall–Kier alpha value is -2.60. The number of hydrogen-bond donors (Lipinski definition) is 0. The van der Waals surface area contributed by atoms with E-state index >= 15 is 0 Å². The van der Waals surface area contributed by atoms with Crippen molar-refractivity contribution in [1.29, 1.82) is 0 Å². The molecule has 23 heavy (non-hydrogen) atoms. The van der Waals surface area contributed by atoms with Gasteiger partial charge in [-0.1, -0.05) is 78.4 Å². The highest BCUT2D eigenvalue weighted by Gasteiger charge is 2.18. The fourth-order valence-corrected chi connectivity index (χ4v) is 3.55. The molecule has 0 N–H and O–H groups in total. The second-order valence-electron chi connectivity index (χ2n) is 6.27. The summed E-state index contributed by atoms with van der Waals surface area (Å²) < 4.78 is 0. The van der Waals surface area contributed by atoms with Crippen LogP contribution in [-0.4, -0.2) is 0 Å². The monoisotopic (exact) mass is 296 g/mol. The second kappa shape index (κ2) is 5.55. The standard InChI is InChI=1S/C23H20/c1-16-12-14-20(17(16)2)22-15-13-18-8-6-7-11-21(18)23(22)19-9-4-3-5-10-19/h3-13,15H,14H2,1-2H3. The minimum absolute atomic E-state index is 1.04.